The Morgan fingerprint density at radius 2 is 2.38 bits per heavy atom. The van der Waals surface area contributed by atoms with Crippen molar-refractivity contribution < 1.29 is 9.53 Å². The molecule has 0 aliphatic heterocycles. The van der Waals surface area contributed by atoms with Gasteiger partial charge in [-0.3, -0.25) is 0 Å². The van der Waals surface area contributed by atoms with Crippen LogP contribution in [-0.2, 0) is 4.74 Å². The molecule has 0 unspecified atom stereocenters. The summed E-state index contributed by atoms with van der Waals surface area (Å²) in [6.45, 7) is -0.245. The Balaban J connectivity index is 2.72. The number of carbonyl (C=O) groups excluding carboxylic acids is 1. The molecule has 4 heteroatoms. The van der Waals surface area contributed by atoms with Gasteiger partial charge >= 0.3 is 5.97 Å². The molecular weight excluding hydrogens is 190 g/mol. The van der Waals surface area contributed by atoms with Crippen LogP contribution in [0.5, 0.6) is 0 Å². The second kappa shape index (κ2) is 4.48. The highest BCUT2D eigenvalue weighted by Gasteiger charge is 2.05. The molecule has 0 atom stereocenters. The minimum absolute atomic E-state index is 0.245. The first-order valence-electron chi connectivity index (χ1n) is 3.53. The Kier molecular flexibility index (Phi) is 3.30. The lowest BCUT2D eigenvalue weighted by Gasteiger charge is -1.99. The van der Waals surface area contributed by atoms with E-state index in [1.165, 1.54) is 6.07 Å². The minimum Gasteiger partial charge on any atom is -0.447 e. The molecule has 0 aliphatic rings. The van der Waals surface area contributed by atoms with Crippen molar-refractivity contribution in [3.63, 3.8) is 0 Å². The van der Waals surface area contributed by atoms with Crippen molar-refractivity contribution >= 4 is 17.6 Å². The lowest BCUT2D eigenvalue weighted by Crippen LogP contribution is -2.04. The Morgan fingerprint density at radius 1 is 1.62 bits per heavy atom. The summed E-state index contributed by atoms with van der Waals surface area (Å²) in [6.07, 6.45) is 0. The van der Waals surface area contributed by atoms with Crippen LogP contribution in [0.1, 0.15) is 10.4 Å². The maximum atomic E-state index is 11.1. The van der Waals surface area contributed by atoms with Crippen LogP contribution in [0.4, 0.5) is 0 Å². The SMILES string of the molecule is N#CCOC(=O)c1cccc(Cl)c1. The Morgan fingerprint density at radius 3 is 3.00 bits per heavy atom. The van der Waals surface area contributed by atoms with Gasteiger partial charge in [0.15, 0.2) is 6.61 Å². The van der Waals surface area contributed by atoms with Crippen molar-refractivity contribution in [2.75, 3.05) is 6.61 Å². The van der Waals surface area contributed by atoms with E-state index in [4.69, 9.17) is 16.9 Å². The lowest BCUT2D eigenvalue weighted by atomic mass is 10.2. The van der Waals surface area contributed by atoms with Gasteiger partial charge in [0.1, 0.15) is 6.07 Å². The zero-order chi connectivity index (χ0) is 9.68. The number of nitrogens with zero attached hydrogens (tertiary/aromatic N) is 1. The normalized spacial score (nSPS) is 8.92. The average Bonchev–Trinajstić information content (AvgIpc) is 2.14. The topological polar surface area (TPSA) is 50.1 Å². The number of ether oxygens (including phenoxy) is 1. The van der Waals surface area contributed by atoms with Gasteiger partial charge in [0.2, 0.25) is 0 Å². The van der Waals surface area contributed by atoms with Crippen LogP contribution >= 0.6 is 11.6 Å². The summed E-state index contributed by atoms with van der Waals surface area (Å²) in [4.78, 5) is 11.1. The van der Waals surface area contributed by atoms with Gasteiger partial charge in [-0.1, -0.05) is 17.7 Å². The molecule has 0 aliphatic carbocycles. The van der Waals surface area contributed by atoms with E-state index >= 15 is 0 Å². The van der Waals surface area contributed by atoms with E-state index in [1.54, 1.807) is 24.3 Å². The monoisotopic (exact) mass is 195 g/mol. The van der Waals surface area contributed by atoms with Crippen molar-refractivity contribution in [3.05, 3.63) is 34.9 Å². The molecule has 0 bridgehead atoms. The number of rotatable bonds is 2. The molecule has 13 heavy (non-hydrogen) atoms. The van der Waals surface area contributed by atoms with Gasteiger partial charge in [0.25, 0.3) is 0 Å². The van der Waals surface area contributed by atoms with E-state index in [9.17, 15) is 4.79 Å². The Hall–Kier alpha value is -1.53. The highest BCUT2D eigenvalue weighted by atomic mass is 35.5. The number of nitriles is 1. The fraction of sp³-hybridized carbons (Fsp3) is 0.111. The third kappa shape index (κ3) is 2.77. The summed E-state index contributed by atoms with van der Waals surface area (Å²) in [5.74, 6) is -0.538. The van der Waals surface area contributed by atoms with Crippen LogP contribution in [0.2, 0.25) is 5.02 Å². The van der Waals surface area contributed by atoms with Crippen LogP contribution in [0.3, 0.4) is 0 Å². The second-order valence-corrected chi connectivity index (χ2v) is 2.68. The predicted octanol–water partition coefficient (Wildman–Crippen LogP) is 2.02. The summed E-state index contributed by atoms with van der Waals surface area (Å²) < 4.78 is 4.57. The second-order valence-electron chi connectivity index (χ2n) is 2.24. The molecule has 1 rings (SSSR count). The lowest BCUT2D eigenvalue weighted by molar-refractivity contribution is 0.0555. The minimum atomic E-state index is -0.538. The van der Waals surface area contributed by atoms with Crippen molar-refractivity contribution in [3.8, 4) is 6.07 Å². The predicted molar refractivity (Wildman–Crippen MR) is 47.3 cm³/mol. The van der Waals surface area contributed by atoms with Crippen LogP contribution in [0.15, 0.2) is 24.3 Å². The Bertz CT molecular complexity index is 357. The van der Waals surface area contributed by atoms with E-state index in [1.807, 2.05) is 0 Å². The summed E-state index contributed by atoms with van der Waals surface area (Å²) in [7, 11) is 0. The van der Waals surface area contributed by atoms with Gasteiger partial charge in [-0.15, -0.1) is 0 Å². The average molecular weight is 196 g/mol. The first-order chi connectivity index (χ1) is 6.24. The number of benzene rings is 1. The number of hydrogen-bond acceptors (Lipinski definition) is 3. The van der Waals surface area contributed by atoms with Gasteiger partial charge in [0.05, 0.1) is 5.56 Å². The summed E-state index contributed by atoms with van der Waals surface area (Å²) in [5, 5.41) is 8.63. The molecule has 0 saturated heterocycles. The largest absolute Gasteiger partial charge is 0.447 e. The number of hydrogen-bond donors (Lipinski definition) is 0. The molecule has 0 fully saturated rings. The van der Waals surface area contributed by atoms with Gasteiger partial charge in [0, 0.05) is 5.02 Å². The number of halogens is 1. The zero-order valence-electron chi connectivity index (χ0n) is 6.66. The highest BCUT2D eigenvalue weighted by Crippen LogP contribution is 2.11. The third-order valence-electron chi connectivity index (χ3n) is 1.33. The Labute approximate surface area is 80.5 Å². The molecule has 0 spiro atoms. The molecule has 66 valence electrons. The molecule has 0 aromatic heterocycles. The van der Waals surface area contributed by atoms with Crippen LogP contribution in [0, 0.1) is 11.3 Å². The smallest absolute Gasteiger partial charge is 0.339 e. The van der Waals surface area contributed by atoms with Crippen molar-refractivity contribution in [2.24, 2.45) is 0 Å². The van der Waals surface area contributed by atoms with Crippen molar-refractivity contribution in [1.29, 1.82) is 5.26 Å². The molecular formula is C9H6ClNO2. The first kappa shape index (κ1) is 9.56. The molecule has 0 saturated carbocycles. The van der Waals surface area contributed by atoms with E-state index in [0.29, 0.717) is 10.6 Å². The summed E-state index contributed by atoms with van der Waals surface area (Å²) >= 11 is 5.65. The molecule has 3 nitrogen and oxygen atoms in total. The van der Waals surface area contributed by atoms with E-state index in [2.05, 4.69) is 4.74 Å². The van der Waals surface area contributed by atoms with Gasteiger partial charge < -0.3 is 4.74 Å². The van der Waals surface area contributed by atoms with Gasteiger partial charge in [-0.2, -0.15) is 5.26 Å². The molecule has 1 aromatic carbocycles. The van der Waals surface area contributed by atoms with Crippen LogP contribution in [0.25, 0.3) is 0 Å². The molecule has 0 radical (unpaired) electrons. The fourth-order valence-corrected chi connectivity index (χ4v) is 0.987. The van der Waals surface area contributed by atoms with Gasteiger partial charge in [-0.05, 0) is 18.2 Å². The number of carbonyl (C=O) groups is 1. The van der Waals surface area contributed by atoms with Crippen LogP contribution < -0.4 is 0 Å². The standard InChI is InChI=1S/C9H6ClNO2/c10-8-3-1-2-7(6-8)9(12)13-5-4-11/h1-3,6H,5H2. The van der Waals surface area contributed by atoms with Crippen LogP contribution in [-0.4, -0.2) is 12.6 Å². The first-order valence-corrected chi connectivity index (χ1v) is 3.91. The molecule has 0 N–H and O–H groups in total. The molecule has 0 amide bonds. The molecule has 1 aromatic rings. The third-order valence-corrected chi connectivity index (χ3v) is 1.56. The maximum Gasteiger partial charge on any atom is 0.339 e. The summed E-state index contributed by atoms with van der Waals surface area (Å²) in [5.41, 5.74) is 0.350. The van der Waals surface area contributed by atoms with E-state index in [-0.39, 0.29) is 6.61 Å². The highest BCUT2D eigenvalue weighted by molar-refractivity contribution is 6.30. The maximum absolute atomic E-state index is 11.1. The van der Waals surface area contributed by atoms with E-state index in [0.717, 1.165) is 0 Å². The fourth-order valence-electron chi connectivity index (χ4n) is 0.797. The van der Waals surface area contributed by atoms with Gasteiger partial charge in [-0.25, -0.2) is 4.79 Å². The quantitative estimate of drug-likeness (QED) is 0.679. The van der Waals surface area contributed by atoms with Crippen molar-refractivity contribution in [1.82, 2.24) is 0 Å². The summed E-state index contributed by atoms with van der Waals surface area (Å²) in [6, 6.07) is 8.07. The van der Waals surface area contributed by atoms with E-state index < -0.39 is 5.97 Å². The number of esters is 1. The molecule has 0 heterocycles. The van der Waals surface area contributed by atoms with Crippen molar-refractivity contribution in [2.45, 2.75) is 0 Å². The zero-order valence-corrected chi connectivity index (χ0v) is 7.41.